The van der Waals surface area contributed by atoms with E-state index in [0.29, 0.717) is 19.3 Å². The first kappa shape index (κ1) is 53.0. The first-order chi connectivity index (χ1) is 26.6. The van der Waals surface area contributed by atoms with Gasteiger partial charge in [0.15, 0.2) is 5.78 Å². The number of likely N-dealkylation sites (tertiary alicyclic amines) is 1. The fraction of sp³-hybridized carbons (Fsp3) is 0.762. The zero-order valence-corrected chi connectivity index (χ0v) is 36.1. The molecule has 57 heavy (non-hydrogen) atoms. The van der Waals surface area contributed by atoms with Crippen molar-refractivity contribution in [3.8, 4) is 0 Å². The molecule has 0 aromatic heterocycles. The molecule has 2 aliphatic rings. The van der Waals surface area contributed by atoms with Gasteiger partial charge in [-0.2, -0.15) is 0 Å². The summed E-state index contributed by atoms with van der Waals surface area (Å²) in [6.07, 6.45) is 12.1. The highest BCUT2D eigenvalue weighted by atomic mass is 16.6. The first-order valence-corrected chi connectivity index (χ1v) is 20.1. The van der Waals surface area contributed by atoms with Crippen molar-refractivity contribution in [2.24, 2.45) is 5.92 Å². The third-order valence-electron chi connectivity index (χ3n) is 8.95. The summed E-state index contributed by atoms with van der Waals surface area (Å²) in [5, 5.41) is 24.2. The molecule has 0 bridgehead atoms. The molecule has 6 atom stereocenters. The van der Waals surface area contributed by atoms with E-state index in [1.807, 2.05) is 12.2 Å². The molecule has 0 spiro atoms. The number of carbonyl (C=O) groups is 6. The molecule has 15 heteroatoms. The lowest BCUT2D eigenvalue weighted by Gasteiger charge is -2.28. The summed E-state index contributed by atoms with van der Waals surface area (Å²) < 4.78 is 19.7. The maximum atomic E-state index is 13.1. The minimum Gasteiger partial charge on any atom is -0.469 e. The van der Waals surface area contributed by atoms with Crippen LogP contribution in [0.2, 0.25) is 0 Å². The number of alkyl carbamates (subject to hydrolysis) is 2. The van der Waals surface area contributed by atoms with Crippen molar-refractivity contribution in [3.05, 3.63) is 25.3 Å². The summed E-state index contributed by atoms with van der Waals surface area (Å²) in [6, 6.07) is -2.13. The topological polar surface area (TPSA) is 207 Å². The van der Waals surface area contributed by atoms with Crippen LogP contribution in [0.1, 0.15) is 138 Å². The van der Waals surface area contributed by atoms with Crippen molar-refractivity contribution in [1.29, 1.82) is 0 Å². The molecule has 1 saturated heterocycles. The van der Waals surface area contributed by atoms with E-state index >= 15 is 0 Å². The number of allylic oxidation sites excluding steroid dienone is 2. The van der Waals surface area contributed by atoms with Crippen LogP contribution in [0.4, 0.5) is 9.59 Å². The number of unbranched alkanes of at least 4 members (excludes halogenated alkanes) is 6. The average Bonchev–Trinajstić information content (AvgIpc) is 3.73. The number of carbonyl (C=O) groups excluding carboxylic acids is 6. The van der Waals surface area contributed by atoms with Gasteiger partial charge in [-0.25, -0.2) is 14.4 Å². The van der Waals surface area contributed by atoms with Gasteiger partial charge in [-0.05, 0) is 106 Å². The van der Waals surface area contributed by atoms with E-state index in [9.17, 15) is 33.9 Å². The highest BCUT2D eigenvalue weighted by Crippen LogP contribution is 2.26. The Balaban J connectivity index is 0.000000925. The van der Waals surface area contributed by atoms with Crippen LogP contribution >= 0.6 is 0 Å². The number of rotatable bonds is 18. The number of ketones is 1. The van der Waals surface area contributed by atoms with E-state index in [2.05, 4.69) is 28.5 Å². The van der Waals surface area contributed by atoms with Gasteiger partial charge < -0.3 is 44.7 Å². The number of hydrogen-bond acceptors (Lipinski definition) is 12. The standard InChI is InChI=1S/C20H34N2O6.C15H27NO3.C7H12O3/c1-6-7-8-9-10-11-15(21-19(26)28-20(2,3)4)17(24)22-13-14(23)12-16(22)18(25)27-5;1-6-7-8-9-10-11-13(12(2)17)16-14(18)19-15(3,4)5;1-10-7(9)5-2-3-6(8)4-5/h6,14-16,23H,1,7-13H2,2-5H3,(H,21,26);6,13H,1,7-11H2,2-5H3,(H,16,18);5-6,8H,2-4H2,1H3/t14-,15-,16-;13-;5-,6+/m000/s1. The van der Waals surface area contributed by atoms with Crippen molar-refractivity contribution in [1.82, 2.24) is 15.5 Å². The lowest BCUT2D eigenvalue weighted by Crippen LogP contribution is -2.52. The summed E-state index contributed by atoms with van der Waals surface area (Å²) in [6.45, 7) is 19.5. The minimum atomic E-state index is -0.851. The average molecular weight is 812 g/mol. The summed E-state index contributed by atoms with van der Waals surface area (Å²) in [5.74, 6) is -1.26. The molecule has 0 radical (unpaired) electrons. The van der Waals surface area contributed by atoms with Crippen LogP contribution in [-0.4, -0.2) is 113 Å². The molecule has 1 aliphatic heterocycles. The van der Waals surface area contributed by atoms with Gasteiger partial charge in [0.2, 0.25) is 5.91 Å². The summed E-state index contributed by atoms with van der Waals surface area (Å²) in [7, 11) is 2.62. The molecule has 0 unspecified atom stereocenters. The normalized spacial score (nSPS) is 19.9. The van der Waals surface area contributed by atoms with Crippen LogP contribution in [0.25, 0.3) is 0 Å². The van der Waals surface area contributed by atoms with Crippen molar-refractivity contribution in [2.45, 2.75) is 180 Å². The van der Waals surface area contributed by atoms with Crippen LogP contribution in [0.15, 0.2) is 25.3 Å². The lowest BCUT2D eigenvalue weighted by atomic mass is 10.0. The van der Waals surface area contributed by atoms with Gasteiger partial charge in [-0.1, -0.05) is 37.8 Å². The molecular formula is C42H73N3O12. The molecule has 4 N–H and O–H groups in total. The van der Waals surface area contributed by atoms with E-state index in [0.717, 1.165) is 64.2 Å². The third-order valence-corrected chi connectivity index (χ3v) is 8.95. The number of aliphatic hydroxyl groups is 2. The van der Waals surface area contributed by atoms with Gasteiger partial charge >= 0.3 is 24.1 Å². The Morgan fingerprint density at radius 3 is 1.58 bits per heavy atom. The van der Waals surface area contributed by atoms with Crippen LogP contribution in [0.5, 0.6) is 0 Å². The number of nitrogens with zero attached hydrogens (tertiary/aromatic N) is 1. The Morgan fingerprint density at radius 1 is 0.702 bits per heavy atom. The number of β-amino-alcohol motifs (C(OH)–C–C–N with tert-alkyl or cyclic N) is 1. The summed E-state index contributed by atoms with van der Waals surface area (Å²) >= 11 is 0. The highest BCUT2D eigenvalue weighted by molar-refractivity contribution is 5.90. The van der Waals surface area contributed by atoms with Gasteiger partial charge in [0.05, 0.1) is 38.4 Å². The first-order valence-electron chi connectivity index (χ1n) is 20.1. The van der Waals surface area contributed by atoms with E-state index in [-0.39, 0.29) is 36.7 Å². The molecule has 0 aromatic rings. The SMILES string of the molecule is C=CCCCCC[C@H](NC(=O)OC(C)(C)C)C(=O)N1C[C@@H](O)C[C@H]1C(=O)OC.C=CCCCCC[C@H](NC(=O)OC(C)(C)C)C(C)=O.COC(=O)[C@H]1CC[C@@H](O)C1. The van der Waals surface area contributed by atoms with Crippen LogP contribution in [0, 0.1) is 5.92 Å². The second-order valence-electron chi connectivity index (χ2n) is 16.5. The molecule has 328 valence electrons. The molecule has 1 aliphatic carbocycles. The predicted molar refractivity (Wildman–Crippen MR) is 217 cm³/mol. The largest absolute Gasteiger partial charge is 0.469 e. The second kappa shape index (κ2) is 27.6. The second-order valence-corrected chi connectivity index (χ2v) is 16.5. The fourth-order valence-electron chi connectivity index (χ4n) is 6.12. The highest BCUT2D eigenvalue weighted by Gasteiger charge is 2.42. The van der Waals surface area contributed by atoms with Gasteiger partial charge in [0.25, 0.3) is 0 Å². The zero-order chi connectivity index (χ0) is 43.8. The van der Waals surface area contributed by atoms with Gasteiger partial charge in [-0.15, -0.1) is 13.2 Å². The van der Waals surface area contributed by atoms with E-state index in [4.69, 9.17) is 19.3 Å². The number of ether oxygens (including phenoxy) is 4. The third kappa shape index (κ3) is 24.4. The molecular weight excluding hydrogens is 738 g/mol. The number of methoxy groups -OCH3 is 2. The number of nitrogens with one attached hydrogen (secondary N) is 2. The Kier molecular flexibility index (Phi) is 25.7. The summed E-state index contributed by atoms with van der Waals surface area (Å²) in [5.41, 5.74) is -1.24. The molecule has 3 amide bonds. The molecule has 2 rings (SSSR count). The Bertz CT molecular complexity index is 1280. The zero-order valence-electron chi connectivity index (χ0n) is 36.1. The Labute approximate surface area is 340 Å². The van der Waals surface area contributed by atoms with Crippen molar-refractivity contribution in [3.63, 3.8) is 0 Å². The van der Waals surface area contributed by atoms with Crippen LogP contribution in [0.3, 0.4) is 0 Å². The number of aliphatic hydroxyl groups excluding tert-OH is 2. The van der Waals surface area contributed by atoms with Crippen LogP contribution in [-0.2, 0) is 38.1 Å². The monoisotopic (exact) mass is 812 g/mol. The Morgan fingerprint density at radius 2 is 1.18 bits per heavy atom. The number of amides is 3. The van der Waals surface area contributed by atoms with Crippen molar-refractivity contribution < 1.29 is 57.9 Å². The number of esters is 2. The predicted octanol–water partition coefficient (Wildman–Crippen LogP) is 6.08. The van der Waals surface area contributed by atoms with Crippen molar-refractivity contribution >= 4 is 35.8 Å². The van der Waals surface area contributed by atoms with Crippen LogP contribution < -0.4 is 10.6 Å². The number of Topliss-reactive ketones (excluding diaryl/α,β-unsaturated/α-hetero) is 1. The van der Waals surface area contributed by atoms with E-state index in [1.54, 1.807) is 41.5 Å². The molecule has 0 aromatic carbocycles. The molecule has 1 saturated carbocycles. The van der Waals surface area contributed by atoms with Gasteiger partial charge in [0.1, 0.15) is 23.3 Å². The van der Waals surface area contributed by atoms with Crippen molar-refractivity contribution in [2.75, 3.05) is 20.8 Å². The fourth-order valence-corrected chi connectivity index (χ4v) is 6.12. The smallest absolute Gasteiger partial charge is 0.408 e. The van der Waals surface area contributed by atoms with E-state index < -0.39 is 59.5 Å². The lowest BCUT2D eigenvalue weighted by molar-refractivity contribution is -0.151. The number of hydrogen-bond donors (Lipinski definition) is 4. The molecule has 2 fully saturated rings. The quantitative estimate of drug-likeness (QED) is 0.0538. The maximum absolute atomic E-state index is 13.1. The van der Waals surface area contributed by atoms with Gasteiger partial charge in [0, 0.05) is 13.0 Å². The Hall–Kier alpha value is -3.98. The maximum Gasteiger partial charge on any atom is 0.408 e. The molecule has 15 nitrogen and oxygen atoms in total. The summed E-state index contributed by atoms with van der Waals surface area (Å²) in [4.78, 5) is 72.5. The molecule has 1 heterocycles. The van der Waals surface area contributed by atoms with E-state index in [1.165, 1.54) is 26.0 Å². The minimum absolute atomic E-state index is 0.0293. The van der Waals surface area contributed by atoms with Gasteiger partial charge in [-0.3, -0.25) is 14.4 Å².